The molecule has 2 aliphatic carbocycles. The van der Waals surface area contributed by atoms with Crippen LogP contribution in [0.1, 0.15) is 55.6 Å². The summed E-state index contributed by atoms with van der Waals surface area (Å²) in [5.41, 5.74) is 3.05. The molecule has 122 valence electrons. The van der Waals surface area contributed by atoms with E-state index < -0.39 is 0 Å². The van der Waals surface area contributed by atoms with Crippen LogP contribution >= 0.6 is 12.4 Å². The van der Waals surface area contributed by atoms with Crippen LogP contribution in [-0.2, 0) is 6.54 Å². The number of likely N-dealkylation sites (tertiary alicyclic amines) is 1. The Morgan fingerprint density at radius 3 is 2.18 bits per heavy atom. The highest BCUT2D eigenvalue weighted by Crippen LogP contribution is 2.39. The second-order valence-electron chi connectivity index (χ2n) is 7.42. The molecule has 3 fully saturated rings. The zero-order valence-corrected chi connectivity index (χ0v) is 14.3. The lowest BCUT2D eigenvalue weighted by molar-refractivity contribution is 0.190. The van der Waals surface area contributed by atoms with E-state index in [0.717, 1.165) is 24.4 Å². The van der Waals surface area contributed by atoms with Crippen LogP contribution in [-0.4, -0.2) is 30.6 Å². The number of hydrogen-bond acceptors (Lipinski definition) is 2. The third-order valence-corrected chi connectivity index (χ3v) is 5.41. The average Bonchev–Trinajstić information content (AvgIpc) is 3.40. The average molecular weight is 321 g/mol. The molecule has 1 aromatic rings. The van der Waals surface area contributed by atoms with Crippen LogP contribution in [0.2, 0.25) is 0 Å². The summed E-state index contributed by atoms with van der Waals surface area (Å²) in [5, 5.41) is 3.77. The molecule has 0 amide bonds. The summed E-state index contributed by atoms with van der Waals surface area (Å²) < 4.78 is 0. The van der Waals surface area contributed by atoms with Gasteiger partial charge in [-0.2, -0.15) is 0 Å². The Bertz CT molecular complexity index is 457. The lowest BCUT2D eigenvalue weighted by atomic mass is 10.0. The number of benzene rings is 1. The maximum absolute atomic E-state index is 3.77. The van der Waals surface area contributed by atoms with Crippen molar-refractivity contribution in [1.82, 2.24) is 10.2 Å². The van der Waals surface area contributed by atoms with Gasteiger partial charge in [0.05, 0.1) is 0 Å². The topological polar surface area (TPSA) is 15.3 Å². The molecule has 1 heterocycles. The molecule has 3 aliphatic rings. The molecule has 1 saturated heterocycles. The molecule has 3 heteroatoms. The van der Waals surface area contributed by atoms with Gasteiger partial charge in [-0.1, -0.05) is 24.3 Å². The van der Waals surface area contributed by atoms with Crippen LogP contribution in [0.3, 0.4) is 0 Å². The van der Waals surface area contributed by atoms with E-state index in [1.807, 2.05) is 0 Å². The van der Waals surface area contributed by atoms with Crippen LogP contribution in [0.25, 0.3) is 0 Å². The van der Waals surface area contributed by atoms with Crippen molar-refractivity contribution in [2.75, 3.05) is 19.6 Å². The smallest absolute Gasteiger partial charge is 0.0233 e. The molecule has 1 aromatic carbocycles. The summed E-state index contributed by atoms with van der Waals surface area (Å²) in [6, 6.07) is 10.2. The van der Waals surface area contributed by atoms with Gasteiger partial charge in [0.2, 0.25) is 0 Å². The lowest BCUT2D eigenvalue weighted by Crippen LogP contribution is -2.42. The zero-order chi connectivity index (χ0) is 14.1. The predicted molar refractivity (Wildman–Crippen MR) is 94.7 cm³/mol. The van der Waals surface area contributed by atoms with E-state index in [-0.39, 0.29) is 12.4 Å². The monoisotopic (exact) mass is 320 g/mol. The number of nitrogens with one attached hydrogen (secondary N) is 1. The summed E-state index contributed by atoms with van der Waals surface area (Å²) in [4.78, 5) is 2.63. The molecule has 4 rings (SSSR count). The van der Waals surface area contributed by atoms with E-state index in [0.29, 0.717) is 0 Å². The molecule has 1 N–H and O–H groups in total. The zero-order valence-electron chi connectivity index (χ0n) is 13.5. The fourth-order valence-electron chi connectivity index (χ4n) is 3.52. The molecular formula is C19H29ClN2. The third kappa shape index (κ3) is 4.47. The van der Waals surface area contributed by atoms with Crippen LogP contribution in [0, 0.1) is 5.92 Å². The minimum Gasteiger partial charge on any atom is -0.314 e. The van der Waals surface area contributed by atoms with E-state index in [4.69, 9.17) is 0 Å². The van der Waals surface area contributed by atoms with Crippen molar-refractivity contribution >= 4 is 12.4 Å². The Labute approximate surface area is 141 Å². The summed E-state index contributed by atoms with van der Waals surface area (Å²) >= 11 is 0. The molecule has 2 nitrogen and oxygen atoms in total. The number of nitrogens with zero attached hydrogens (tertiary/aromatic N) is 1. The molecular weight excluding hydrogens is 292 g/mol. The molecule has 0 unspecified atom stereocenters. The van der Waals surface area contributed by atoms with Gasteiger partial charge in [0.25, 0.3) is 0 Å². The molecule has 2 saturated carbocycles. The van der Waals surface area contributed by atoms with Gasteiger partial charge < -0.3 is 5.32 Å². The minimum absolute atomic E-state index is 0. The second kappa shape index (κ2) is 7.33. The van der Waals surface area contributed by atoms with Gasteiger partial charge in [0.15, 0.2) is 0 Å². The standard InChI is InChI=1S/C19H28N2.ClH/c1-2-15(1)13-20-19-9-11-21(12-10-19)14-16-3-5-17(6-4-16)18-7-8-18;/h3-6,15,18-20H,1-2,7-14H2;1H. The first-order valence-corrected chi connectivity index (χ1v) is 8.91. The summed E-state index contributed by atoms with van der Waals surface area (Å²) in [7, 11) is 0. The van der Waals surface area contributed by atoms with Crippen LogP contribution in [0.5, 0.6) is 0 Å². The van der Waals surface area contributed by atoms with E-state index in [2.05, 4.69) is 34.5 Å². The SMILES string of the molecule is Cl.c1cc(C2CC2)ccc1CN1CCC(NCC2CC2)CC1. The van der Waals surface area contributed by atoms with Crippen LogP contribution in [0.15, 0.2) is 24.3 Å². The molecule has 0 bridgehead atoms. The number of rotatable bonds is 6. The Kier molecular flexibility index (Phi) is 5.43. The van der Waals surface area contributed by atoms with Crippen molar-refractivity contribution in [3.05, 3.63) is 35.4 Å². The molecule has 22 heavy (non-hydrogen) atoms. The van der Waals surface area contributed by atoms with E-state index in [1.54, 1.807) is 5.56 Å². The van der Waals surface area contributed by atoms with Crippen LogP contribution in [0.4, 0.5) is 0 Å². The highest BCUT2D eigenvalue weighted by molar-refractivity contribution is 5.85. The maximum Gasteiger partial charge on any atom is 0.0233 e. The molecule has 0 radical (unpaired) electrons. The molecule has 0 atom stereocenters. The summed E-state index contributed by atoms with van der Waals surface area (Å²) in [6.45, 7) is 4.92. The Hall–Kier alpha value is -0.570. The predicted octanol–water partition coefficient (Wildman–Crippen LogP) is 3.95. The number of halogens is 1. The van der Waals surface area contributed by atoms with E-state index >= 15 is 0 Å². The fourth-order valence-corrected chi connectivity index (χ4v) is 3.52. The van der Waals surface area contributed by atoms with Crippen molar-refractivity contribution < 1.29 is 0 Å². The maximum atomic E-state index is 3.77. The quantitative estimate of drug-likeness (QED) is 0.853. The van der Waals surface area contributed by atoms with Gasteiger partial charge >= 0.3 is 0 Å². The van der Waals surface area contributed by atoms with Gasteiger partial charge in [-0.15, -0.1) is 12.4 Å². The highest BCUT2D eigenvalue weighted by atomic mass is 35.5. The normalized spacial score (nSPS) is 23.3. The van der Waals surface area contributed by atoms with Crippen molar-refractivity contribution in [2.24, 2.45) is 5.92 Å². The first-order chi connectivity index (χ1) is 10.4. The largest absolute Gasteiger partial charge is 0.314 e. The van der Waals surface area contributed by atoms with Gasteiger partial charge in [-0.3, -0.25) is 4.90 Å². The van der Waals surface area contributed by atoms with Crippen molar-refractivity contribution in [3.63, 3.8) is 0 Å². The van der Waals surface area contributed by atoms with Gasteiger partial charge in [-0.25, -0.2) is 0 Å². The van der Waals surface area contributed by atoms with Gasteiger partial charge in [-0.05, 0) is 81.1 Å². The fraction of sp³-hybridized carbons (Fsp3) is 0.684. The van der Waals surface area contributed by atoms with E-state index in [9.17, 15) is 0 Å². The first kappa shape index (κ1) is 16.3. The van der Waals surface area contributed by atoms with Crippen LogP contribution < -0.4 is 5.32 Å². The molecule has 0 spiro atoms. The first-order valence-electron chi connectivity index (χ1n) is 8.91. The Morgan fingerprint density at radius 1 is 0.909 bits per heavy atom. The third-order valence-electron chi connectivity index (χ3n) is 5.41. The lowest BCUT2D eigenvalue weighted by Gasteiger charge is -2.32. The second-order valence-corrected chi connectivity index (χ2v) is 7.42. The van der Waals surface area contributed by atoms with Gasteiger partial charge in [0, 0.05) is 12.6 Å². The summed E-state index contributed by atoms with van der Waals surface area (Å²) in [6.07, 6.45) is 8.38. The minimum atomic E-state index is 0. The molecule has 0 aromatic heterocycles. The van der Waals surface area contributed by atoms with E-state index in [1.165, 1.54) is 63.7 Å². The number of piperidine rings is 1. The Morgan fingerprint density at radius 2 is 1.59 bits per heavy atom. The van der Waals surface area contributed by atoms with Crippen molar-refractivity contribution in [1.29, 1.82) is 0 Å². The molecule has 1 aliphatic heterocycles. The highest BCUT2D eigenvalue weighted by Gasteiger charge is 2.25. The summed E-state index contributed by atoms with van der Waals surface area (Å²) in [5.74, 6) is 1.89. The van der Waals surface area contributed by atoms with Crippen molar-refractivity contribution in [2.45, 2.75) is 57.0 Å². The Balaban J connectivity index is 0.00000144. The number of hydrogen-bond donors (Lipinski definition) is 1. The van der Waals surface area contributed by atoms with Gasteiger partial charge in [0.1, 0.15) is 0 Å². The van der Waals surface area contributed by atoms with Crippen molar-refractivity contribution in [3.8, 4) is 0 Å².